The molecular formula is C32H33F4N7O2. The van der Waals surface area contributed by atoms with Crippen molar-refractivity contribution in [3.63, 3.8) is 0 Å². The van der Waals surface area contributed by atoms with E-state index in [1.165, 1.54) is 6.20 Å². The Labute approximate surface area is 257 Å². The van der Waals surface area contributed by atoms with Gasteiger partial charge in [0.2, 0.25) is 5.95 Å². The maximum Gasteiger partial charge on any atom is 0.396 e. The van der Waals surface area contributed by atoms with Gasteiger partial charge in [-0.15, -0.1) is 0 Å². The van der Waals surface area contributed by atoms with Gasteiger partial charge in [-0.3, -0.25) is 14.2 Å². The van der Waals surface area contributed by atoms with Crippen molar-refractivity contribution in [2.75, 3.05) is 37.8 Å². The van der Waals surface area contributed by atoms with E-state index in [-0.39, 0.29) is 22.7 Å². The number of rotatable bonds is 10. The number of nitrogens with zero attached hydrogens (tertiary/aromatic N) is 4. The number of nitrogens with one attached hydrogen (secondary N) is 3. The number of carbonyl (C=O) groups is 1. The molecular weight excluding hydrogens is 590 g/mol. The van der Waals surface area contributed by atoms with Crippen LogP contribution in [0.15, 0.2) is 66.1 Å². The normalized spacial score (nSPS) is 13.9. The summed E-state index contributed by atoms with van der Waals surface area (Å²) in [4.78, 5) is 37.0. The van der Waals surface area contributed by atoms with Gasteiger partial charge in [-0.25, -0.2) is 9.37 Å². The number of piperidine rings is 1. The van der Waals surface area contributed by atoms with E-state index in [0.717, 1.165) is 54.4 Å². The SMILES string of the molecule is C=C(c1cc2cnc(Nc3ccc(NC4CCNCC4)cc3)nc2n(Cc2c(F)cccc2C(=O)CC(F)(F)F)c1=O)N(C)C. The van der Waals surface area contributed by atoms with Gasteiger partial charge in [-0.1, -0.05) is 18.7 Å². The van der Waals surface area contributed by atoms with Crippen molar-refractivity contribution in [3.8, 4) is 0 Å². The van der Waals surface area contributed by atoms with E-state index < -0.39 is 41.9 Å². The number of alkyl halides is 3. The number of aromatic nitrogens is 3. The molecule has 0 saturated carbocycles. The molecule has 0 aliphatic carbocycles. The molecule has 4 aromatic rings. The molecule has 1 aliphatic heterocycles. The first-order chi connectivity index (χ1) is 21.4. The van der Waals surface area contributed by atoms with Crippen molar-refractivity contribution in [1.29, 1.82) is 0 Å². The Morgan fingerprint density at radius 3 is 2.44 bits per heavy atom. The number of ketones is 1. The van der Waals surface area contributed by atoms with Crippen molar-refractivity contribution in [2.24, 2.45) is 0 Å². The zero-order valence-electron chi connectivity index (χ0n) is 24.8. The maximum atomic E-state index is 15.2. The predicted molar refractivity (Wildman–Crippen MR) is 166 cm³/mol. The average molecular weight is 624 g/mol. The number of hydrogen-bond acceptors (Lipinski definition) is 8. The Kier molecular flexibility index (Phi) is 9.19. The Balaban J connectivity index is 1.52. The quantitative estimate of drug-likeness (QED) is 0.156. The second kappa shape index (κ2) is 13.1. The Hall–Kier alpha value is -4.78. The molecule has 5 rings (SSSR count). The molecule has 3 N–H and O–H groups in total. The maximum absolute atomic E-state index is 15.2. The minimum atomic E-state index is -4.79. The second-order valence-corrected chi connectivity index (χ2v) is 11.1. The van der Waals surface area contributed by atoms with Crippen molar-refractivity contribution >= 4 is 39.8 Å². The van der Waals surface area contributed by atoms with Crippen LogP contribution >= 0.6 is 0 Å². The first-order valence-corrected chi connectivity index (χ1v) is 14.4. The molecule has 9 nitrogen and oxygen atoms in total. The molecule has 45 heavy (non-hydrogen) atoms. The molecule has 1 aliphatic rings. The largest absolute Gasteiger partial charge is 0.396 e. The molecule has 0 unspecified atom stereocenters. The molecule has 1 fully saturated rings. The molecule has 236 valence electrons. The summed E-state index contributed by atoms with van der Waals surface area (Å²) in [7, 11) is 3.38. The lowest BCUT2D eigenvalue weighted by molar-refractivity contribution is -0.125. The fraction of sp³-hybridized carbons (Fsp3) is 0.312. The summed E-state index contributed by atoms with van der Waals surface area (Å²) in [6.07, 6.45) is -3.01. The van der Waals surface area contributed by atoms with Crippen LogP contribution in [0.25, 0.3) is 16.7 Å². The van der Waals surface area contributed by atoms with Crippen LogP contribution in [0.3, 0.4) is 0 Å². The summed E-state index contributed by atoms with van der Waals surface area (Å²) >= 11 is 0. The molecule has 2 aromatic carbocycles. The third-order valence-electron chi connectivity index (χ3n) is 7.63. The van der Waals surface area contributed by atoms with E-state index >= 15 is 4.39 Å². The monoisotopic (exact) mass is 623 g/mol. The number of halogens is 4. The van der Waals surface area contributed by atoms with Crippen LogP contribution in [0.5, 0.6) is 0 Å². The lowest BCUT2D eigenvalue weighted by atomic mass is 10.0. The van der Waals surface area contributed by atoms with Gasteiger partial charge in [0.15, 0.2) is 5.78 Å². The summed E-state index contributed by atoms with van der Waals surface area (Å²) < 4.78 is 55.5. The fourth-order valence-electron chi connectivity index (χ4n) is 5.21. The molecule has 0 radical (unpaired) electrons. The molecule has 2 aromatic heterocycles. The van der Waals surface area contributed by atoms with Crippen LogP contribution in [0, 0.1) is 5.82 Å². The number of carbonyl (C=O) groups excluding carboxylic acids is 1. The van der Waals surface area contributed by atoms with E-state index in [9.17, 15) is 22.8 Å². The number of anilines is 3. The van der Waals surface area contributed by atoms with E-state index in [0.29, 0.717) is 22.8 Å². The van der Waals surface area contributed by atoms with Crippen LogP contribution in [-0.4, -0.2) is 64.6 Å². The van der Waals surface area contributed by atoms with Crippen molar-refractivity contribution < 1.29 is 22.4 Å². The zero-order valence-corrected chi connectivity index (χ0v) is 24.8. The minimum absolute atomic E-state index is 0.0921. The van der Waals surface area contributed by atoms with E-state index in [1.807, 2.05) is 24.3 Å². The molecule has 0 spiro atoms. The molecule has 0 bridgehead atoms. The molecule has 0 amide bonds. The Morgan fingerprint density at radius 2 is 1.78 bits per heavy atom. The van der Waals surface area contributed by atoms with Gasteiger partial charge in [0, 0.05) is 59.9 Å². The van der Waals surface area contributed by atoms with E-state index in [1.54, 1.807) is 25.1 Å². The van der Waals surface area contributed by atoms with Crippen LogP contribution in [0.4, 0.5) is 34.9 Å². The van der Waals surface area contributed by atoms with Gasteiger partial charge in [0.05, 0.1) is 12.1 Å². The summed E-state index contributed by atoms with van der Waals surface area (Å²) in [5.74, 6) is -2.10. The van der Waals surface area contributed by atoms with E-state index in [2.05, 4.69) is 32.5 Å². The van der Waals surface area contributed by atoms with Crippen LogP contribution in [0.2, 0.25) is 0 Å². The summed E-state index contributed by atoms with van der Waals surface area (Å²) in [6.45, 7) is 5.34. The molecule has 3 heterocycles. The number of hydrogen-bond donors (Lipinski definition) is 3. The number of fused-ring (bicyclic) bond motifs is 1. The topological polar surface area (TPSA) is 104 Å². The molecule has 1 saturated heterocycles. The highest BCUT2D eigenvalue weighted by molar-refractivity contribution is 5.98. The van der Waals surface area contributed by atoms with Gasteiger partial charge in [0.1, 0.15) is 17.9 Å². The number of Topliss-reactive ketones (excluding diaryl/α,β-unsaturated/α-hetero) is 1. The van der Waals surface area contributed by atoms with Gasteiger partial charge < -0.3 is 20.9 Å². The Bertz CT molecular complexity index is 1780. The highest BCUT2D eigenvalue weighted by Gasteiger charge is 2.33. The van der Waals surface area contributed by atoms with Crippen LogP contribution < -0.4 is 21.5 Å². The van der Waals surface area contributed by atoms with Crippen molar-refractivity contribution in [2.45, 2.75) is 38.0 Å². The van der Waals surface area contributed by atoms with Gasteiger partial charge in [-0.05, 0) is 62.3 Å². The third-order valence-corrected chi connectivity index (χ3v) is 7.63. The molecule has 0 atom stereocenters. The molecule has 13 heteroatoms. The minimum Gasteiger partial charge on any atom is -0.382 e. The van der Waals surface area contributed by atoms with E-state index in [4.69, 9.17) is 0 Å². The fourth-order valence-corrected chi connectivity index (χ4v) is 5.21. The number of pyridine rings is 1. The van der Waals surface area contributed by atoms with Gasteiger partial charge >= 0.3 is 6.18 Å². The highest BCUT2D eigenvalue weighted by Crippen LogP contribution is 2.27. The van der Waals surface area contributed by atoms with Crippen molar-refractivity contribution in [3.05, 3.63) is 94.2 Å². The summed E-state index contributed by atoms with van der Waals surface area (Å²) in [5.41, 5.74) is 0.806. The number of benzene rings is 2. The van der Waals surface area contributed by atoms with Crippen molar-refractivity contribution in [1.82, 2.24) is 24.8 Å². The van der Waals surface area contributed by atoms with Gasteiger partial charge in [0.25, 0.3) is 5.56 Å². The second-order valence-electron chi connectivity index (χ2n) is 11.1. The summed E-state index contributed by atoms with van der Waals surface area (Å²) in [5, 5.41) is 10.4. The van der Waals surface area contributed by atoms with Crippen LogP contribution in [0.1, 0.15) is 40.7 Å². The first kappa shape index (κ1) is 31.6. The third kappa shape index (κ3) is 7.48. The summed E-state index contributed by atoms with van der Waals surface area (Å²) in [6, 6.07) is 12.8. The first-order valence-electron chi connectivity index (χ1n) is 14.4. The standard InChI is InChI=1S/C32H33F4N7O2/c1-19(42(2)3)25-15-20-17-38-31(40-22-9-7-21(8-10-22)39-23-11-13-37-14-12-23)41-29(20)43(30(25)45)18-26-24(5-4-6-27(26)33)28(44)16-32(34,35)36/h4-10,15,17,23,37,39H,1,11-14,16,18H2,2-3H3,(H,38,40,41). The van der Waals surface area contributed by atoms with Crippen LogP contribution in [-0.2, 0) is 6.54 Å². The highest BCUT2D eigenvalue weighted by atomic mass is 19.4. The predicted octanol–water partition coefficient (Wildman–Crippen LogP) is 5.55. The van der Waals surface area contributed by atoms with Gasteiger partial charge in [-0.2, -0.15) is 18.2 Å². The lowest BCUT2D eigenvalue weighted by Crippen LogP contribution is -2.35. The zero-order chi connectivity index (χ0) is 32.3. The average Bonchev–Trinajstić information content (AvgIpc) is 2.99. The lowest BCUT2D eigenvalue weighted by Gasteiger charge is -2.24. The Morgan fingerprint density at radius 1 is 1.09 bits per heavy atom. The smallest absolute Gasteiger partial charge is 0.382 e.